The summed E-state index contributed by atoms with van der Waals surface area (Å²) in [5, 5.41) is 3.88. The van der Waals surface area contributed by atoms with Crippen LogP contribution in [-0.4, -0.2) is 15.7 Å². The number of primary amides is 1. The van der Waals surface area contributed by atoms with Crippen molar-refractivity contribution in [1.29, 1.82) is 0 Å². The van der Waals surface area contributed by atoms with Crippen LogP contribution in [0.15, 0.2) is 30.6 Å². The Morgan fingerprint density at radius 2 is 2.19 bits per heavy atom. The molecule has 4 N–H and O–H groups in total. The lowest BCUT2D eigenvalue weighted by atomic mass is 10.2. The largest absolute Gasteiger partial charge is 0.395 e. The summed E-state index contributed by atoms with van der Waals surface area (Å²) in [5.74, 6) is -1.13. The first kappa shape index (κ1) is 10.2. The standard InChI is InChI=1S/C10H9FN4O/c11-7-2-1-3-8(9(7)12)15-5-6(4-14-15)10(13)16/h1-5H,12H2,(H2,13,16). The Kier molecular flexibility index (Phi) is 2.32. The van der Waals surface area contributed by atoms with Crippen LogP contribution in [0.25, 0.3) is 5.69 Å². The van der Waals surface area contributed by atoms with Gasteiger partial charge in [-0.25, -0.2) is 9.07 Å². The molecule has 0 bridgehead atoms. The molecule has 0 spiro atoms. The van der Waals surface area contributed by atoms with Crippen LogP contribution in [0.2, 0.25) is 0 Å². The lowest BCUT2D eigenvalue weighted by Crippen LogP contribution is -2.09. The lowest BCUT2D eigenvalue weighted by molar-refractivity contribution is 0.100. The van der Waals surface area contributed by atoms with E-state index in [4.69, 9.17) is 11.5 Å². The molecule has 0 aliphatic rings. The summed E-state index contributed by atoms with van der Waals surface area (Å²) in [4.78, 5) is 10.9. The lowest BCUT2D eigenvalue weighted by Gasteiger charge is -2.05. The van der Waals surface area contributed by atoms with Crippen molar-refractivity contribution in [2.45, 2.75) is 0 Å². The molecule has 1 aromatic heterocycles. The number of amides is 1. The molecule has 0 fully saturated rings. The van der Waals surface area contributed by atoms with Crippen LogP contribution in [0.1, 0.15) is 10.4 Å². The Balaban J connectivity index is 2.50. The van der Waals surface area contributed by atoms with Crippen LogP contribution in [0.3, 0.4) is 0 Å². The number of para-hydroxylation sites is 1. The third-order valence-electron chi connectivity index (χ3n) is 2.14. The Morgan fingerprint density at radius 1 is 1.44 bits per heavy atom. The molecule has 2 aromatic rings. The minimum absolute atomic E-state index is 0.0263. The van der Waals surface area contributed by atoms with Gasteiger partial charge in [0.15, 0.2) is 0 Å². The third kappa shape index (κ3) is 1.60. The summed E-state index contributed by atoms with van der Waals surface area (Å²) in [7, 11) is 0. The van der Waals surface area contributed by atoms with E-state index in [1.807, 2.05) is 0 Å². The number of nitrogen functional groups attached to an aromatic ring is 1. The van der Waals surface area contributed by atoms with Crippen LogP contribution < -0.4 is 11.5 Å². The highest BCUT2D eigenvalue weighted by Gasteiger charge is 2.09. The van der Waals surface area contributed by atoms with Gasteiger partial charge < -0.3 is 11.5 Å². The van der Waals surface area contributed by atoms with Crippen molar-refractivity contribution in [1.82, 2.24) is 9.78 Å². The number of carbonyl (C=O) groups excluding carboxylic acids is 1. The molecule has 1 heterocycles. The second kappa shape index (κ2) is 3.65. The van der Waals surface area contributed by atoms with Crippen molar-refractivity contribution in [3.63, 3.8) is 0 Å². The van der Waals surface area contributed by atoms with E-state index in [0.29, 0.717) is 5.69 Å². The van der Waals surface area contributed by atoms with E-state index in [0.717, 1.165) is 0 Å². The molecule has 0 aliphatic heterocycles. The molecule has 0 radical (unpaired) electrons. The second-order valence-electron chi connectivity index (χ2n) is 3.21. The quantitative estimate of drug-likeness (QED) is 0.730. The average molecular weight is 220 g/mol. The summed E-state index contributed by atoms with van der Waals surface area (Å²) < 4.78 is 14.5. The predicted octanol–water partition coefficient (Wildman–Crippen LogP) is 0.693. The average Bonchev–Trinajstić information content (AvgIpc) is 2.71. The summed E-state index contributed by atoms with van der Waals surface area (Å²) in [6, 6.07) is 4.35. The molecule has 16 heavy (non-hydrogen) atoms. The van der Waals surface area contributed by atoms with Crippen molar-refractivity contribution < 1.29 is 9.18 Å². The topological polar surface area (TPSA) is 86.9 Å². The number of anilines is 1. The molecule has 2 rings (SSSR count). The Bertz CT molecular complexity index is 550. The monoisotopic (exact) mass is 220 g/mol. The normalized spacial score (nSPS) is 10.3. The van der Waals surface area contributed by atoms with E-state index < -0.39 is 11.7 Å². The molecule has 0 saturated carbocycles. The van der Waals surface area contributed by atoms with Gasteiger partial charge in [0, 0.05) is 6.20 Å². The number of hydrogen-bond acceptors (Lipinski definition) is 3. The van der Waals surface area contributed by atoms with E-state index in [-0.39, 0.29) is 11.3 Å². The van der Waals surface area contributed by atoms with Gasteiger partial charge in [-0.05, 0) is 12.1 Å². The highest BCUT2D eigenvalue weighted by atomic mass is 19.1. The van der Waals surface area contributed by atoms with Gasteiger partial charge in [0.2, 0.25) is 0 Å². The SMILES string of the molecule is NC(=O)c1cnn(-c2cccc(F)c2N)c1. The predicted molar refractivity (Wildman–Crippen MR) is 56.5 cm³/mol. The fourth-order valence-corrected chi connectivity index (χ4v) is 1.31. The first-order valence-corrected chi connectivity index (χ1v) is 4.48. The van der Waals surface area contributed by atoms with Gasteiger partial charge >= 0.3 is 0 Å². The van der Waals surface area contributed by atoms with Crippen molar-refractivity contribution in [2.24, 2.45) is 5.73 Å². The maximum atomic E-state index is 13.2. The van der Waals surface area contributed by atoms with Crippen LogP contribution >= 0.6 is 0 Å². The van der Waals surface area contributed by atoms with Gasteiger partial charge in [-0.1, -0.05) is 6.07 Å². The van der Waals surface area contributed by atoms with E-state index >= 15 is 0 Å². The van der Waals surface area contributed by atoms with Gasteiger partial charge in [-0.15, -0.1) is 0 Å². The van der Waals surface area contributed by atoms with Crippen LogP contribution in [0.4, 0.5) is 10.1 Å². The minimum Gasteiger partial charge on any atom is -0.395 e. The summed E-state index contributed by atoms with van der Waals surface area (Å²) in [6.07, 6.45) is 2.69. The molecule has 1 amide bonds. The number of benzene rings is 1. The van der Waals surface area contributed by atoms with Gasteiger partial charge in [0.25, 0.3) is 5.91 Å². The zero-order valence-electron chi connectivity index (χ0n) is 8.22. The molecular formula is C10H9FN4O. The first-order chi connectivity index (χ1) is 7.59. The number of rotatable bonds is 2. The van der Waals surface area contributed by atoms with Crippen LogP contribution in [0.5, 0.6) is 0 Å². The van der Waals surface area contributed by atoms with Crippen molar-refractivity contribution in [2.75, 3.05) is 5.73 Å². The van der Waals surface area contributed by atoms with Crippen LogP contribution in [0, 0.1) is 5.82 Å². The zero-order valence-corrected chi connectivity index (χ0v) is 8.22. The molecule has 82 valence electrons. The summed E-state index contributed by atoms with van der Waals surface area (Å²) in [6.45, 7) is 0. The van der Waals surface area contributed by atoms with E-state index in [9.17, 15) is 9.18 Å². The number of aromatic nitrogens is 2. The van der Waals surface area contributed by atoms with Crippen LogP contribution in [-0.2, 0) is 0 Å². The molecule has 6 heteroatoms. The molecule has 0 saturated heterocycles. The maximum absolute atomic E-state index is 13.2. The second-order valence-corrected chi connectivity index (χ2v) is 3.21. The van der Waals surface area contributed by atoms with E-state index in [2.05, 4.69) is 5.10 Å². The Hall–Kier alpha value is -2.37. The fraction of sp³-hybridized carbons (Fsp3) is 0. The van der Waals surface area contributed by atoms with Gasteiger partial charge in [0.05, 0.1) is 23.1 Å². The molecule has 0 atom stereocenters. The Labute approximate surface area is 90.5 Å². The smallest absolute Gasteiger partial charge is 0.251 e. The van der Waals surface area contributed by atoms with Crippen molar-refractivity contribution in [3.8, 4) is 5.69 Å². The minimum atomic E-state index is -0.596. The van der Waals surface area contributed by atoms with Gasteiger partial charge in [-0.3, -0.25) is 4.79 Å². The molecule has 1 aromatic carbocycles. The highest BCUT2D eigenvalue weighted by molar-refractivity contribution is 5.92. The number of halogens is 1. The molecule has 0 unspecified atom stereocenters. The van der Waals surface area contributed by atoms with Crippen molar-refractivity contribution >= 4 is 11.6 Å². The Morgan fingerprint density at radius 3 is 2.81 bits per heavy atom. The summed E-state index contributed by atoms with van der Waals surface area (Å²) >= 11 is 0. The van der Waals surface area contributed by atoms with E-state index in [1.165, 1.54) is 29.2 Å². The van der Waals surface area contributed by atoms with Gasteiger partial charge in [-0.2, -0.15) is 5.10 Å². The fourth-order valence-electron chi connectivity index (χ4n) is 1.31. The highest BCUT2D eigenvalue weighted by Crippen LogP contribution is 2.19. The third-order valence-corrected chi connectivity index (χ3v) is 2.14. The molecule has 5 nitrogen and oxygen atoms in total. The maximum Gasteiger partial charge on any atom is 0.251 e. The molecular weight excluding hydrogens is 211 g/mol. The number of hydrogen-bond donors (Lipinski definition) is 2. The van der Waals surface area contributed by atoms with Gasteiger partial charge in [0.1, 0.15) is 5.82 Å². The molecule has 0 aliphatic carbocycles. The zero-order chi connectivity index (χ0) is 11.7. The number of carbonyl (C=O) groups is 1. The number of nitrogens with zero attached hydrogens (tertiary/aromatic N) is 2. The van der Waals surface area contributed by atoms with Crippen molar-refractivity contribution in [3.05, 3.63) is 42.0 Å². The summed E-state index contributed by atoms with van der Waals surface area (Å²) in [5.41, 5.74) is 11.2. The van der Waals surface area contributed by atoms with E-state index in [1.54, 1.807) is 6.07 Å². The first-order valence-electron chi connectivity index (χ1n) is 4.48. The number of nitrogens with two attached hydrogens (primary N) is 2.